The number of pyridine rings is 1. The van der Waals surface area contributed by atoms with Crippen LogP contribution in [0.5, 0.6) is 0 Å². The summed E-state index contributed by atoms with van der Waals surface area (Å²) < 4.78 is 0. The number of nitrogens with one attached hydrogen (secondary N) is 4. The van der Waals surface area contributed by atoms with Gasteiger partial charge in [0.2, 0.25) is 11.9 Å². The maximum absolute atomic E-state index is 12.9. The van der Waals surface area contributed by atoms with Crippen LogP contribution in [0.15, 0.2) is 42.7 Å². The molecule has 0 saturated carbocycles. The van der Waals surface area contributed by atoms with E-state index in [-0.39, 0.29) is 23.3 Å². The number of fused-ring (bicyclic) bond motifs is 1. The second-order valence-electron chi connectivity index (χ2n) is 10.9. The van der Waals surface area contributed by atoms with Gasteiger partial charge in [-0.3, -0.25) is 14.6 Å². The second kappa shape index (κ2) is 9.22. The number of amides is 2. The highest BCUT2D eigenvalue weighted by molar-refractivity contribution is 6.06. The minimum atomic E-state index is -0.580. The zero-order valence-corrected chi connectivity index (χ0v) is 21.8. The van der Waals surface area contributed by atoms with Crippen molar-refractivity contribution in [1.29, 1.82) is 0 Å². The monoisotopic (exact) mass is 487 g/mol. The lowest BCUT2D eigenvalue weighted by Crippen LogP contribution is -2.31. The molecule has 9 heteroatoms. The van der Waals surface area contributed by atoms with Crippen molar-refractivity contribution >= 4 is 40.6 Å². The Morgan fingerprint density at radius 3 is 2.44 bits per heavy atom. The molecule has 0 saturated heterocycles. The minimum absolute atomic E-state index is 0.0371. The zero-order chi connectivity index (χ0) is 26.3. The molecule has 0 spiro atoms. The summed E-state index contributed by atoms with van der Waals surface area (Å²) in [5, 5.41) is 12.3. The lowest BCUT2D eigenvalue weighted by Gasteiger charge is -2.19. The number of benzene rings is 1. The van der Waals surface area contributed by atoms with Crippen LogP contribution in [0.25, 0.3) is 0 Å². The third-order valence-corrected chi connectivity index (χ3v) is 6.01. The molecule has 4 rings (SSSR count). The first-order chi connectivity index (χ1) is 16.8. The summed E-state index contributed by atoms with van der Waals surface area (Å²) in [5.41, 5.74) is 3.70. The number of rotatable bonds is 6. The molecule has 0 fully saturated rings. The van der Waals surface area contributed by atoms with Crippen molar-refractivity contribution in [2.45, 2.75) is 65.3 Å². The van der Waals surface area contributed by atoms with Crippen LogP contribution in [0.4, 0.5) is 28.8 Å². The van der Waals surface area contributed by atoms with Crippen molar-refractivity contribution in [2.75, 3.05) is 16.0 Å². The van der Waals surface area contributed by atoms with Crippen LogP contribution in [0.2, 0.25) is 0 Å². The van der Waals surface area contributed by atoms with Gasteiger partial charge in [0.15, 0.2) is 0 Å². The smallest absolute Gasteiger partial charge is 0.256 e. The molecule has 1 aromatic carbocycles. The van der Waals surface area contributed by atoms with Gasteiger partial charge < -0.3 is 21.3 Å². The molecular formula is C27H33N7O2. The van der Waals surface area contributed by atoms with Gasteiger partial charge in [0.05, 0.1) is 5.41 Å². The Morgan fingerprint density at radius 2 is 1.75 bits per heavy atom. The number of carbonyl (C=O) groups excluding carboxylic acids is 2. The highest BCUT2D eigenvalue weighted by Crippen LogP contribution is 2.39. The highest BCUT2D eigenvalue weighted by Gasteiger charge is 2.38. The van der Waals surface area contributed by atoms with E-state index in [0.29, 0.717) is 17.3 Å². The van der Waals surface area contributed by atoms with Crippen molar-refractivity contribution in [3.05, 3.63) is 59.5 Å². The Hall–Kier alpha value is -4.01. The fourth-order valence-corrected chi connectivity index (χ4v) is 3.90. The van der Waals surface area contributed by atoms with Crippen LogP contribution in [-0.4, -0.2) is 32.8 Å². The molecule has 2 amide bonds. The van der Waals surface area contributed by atoms with Crippen LogP contribution >= 0.6 is 0 Å². The van der Waals surface area contributed by atoms with E-state index in [0.717, 1.165) is 28.3 Å². The molecule has 188 valence electrons. The summed E-state index contributed by atoms with van der Waals surface area (Å²) in [5.74, 6) is 0.371. The van der Waals surface area contributed by atoms with Crippen LogP contribution in [-0.2, 0) is 15.6 Å². The third-order valence-electron chi connectivity index (χ3n) is 6.01. The first-order valence-corrected chi connectivity index (χ1v) is 12.0. The number of hydrogen-bond acceptors (Lipinski definition) is 7. The molecule has 36 heavy (non-hydrogen) atoms. The van der Waals surface area contributed by atoms with E-state index in [1.54, 1.807) is 6.20 Å². The summed E-state index contributed by atoms with van der Waals surface area (Å²) in [4.78, 5) is 38.6. The van der Waals surface area contributed by atoms with Crippen molar-refractivity contribution in [3.63, 3.8) is 0 Å². The standard InChI is InChI=1S/C27H33N7O2/c1-15(2)30-23(35)18-14-29-25(32-16-8-9-19-20(12-16)33-24(36)27(19,6)7)34-22(18)31-17-10-11-28-21(13-17)26(3,4)5/h8-15H,1-7H3,(H,30,35)(H,33,36)(H2,28,29,31,32,34). The zero-order valence-electron chi connectivity index (χ0n) is 21.8. The van der Waals surface area contributed by atoms with Crippen molar-refractivity contribution in [2.24, 2.45) is 0 Å². The van der Waals surface area contributed by atoms with Gasteiger partial charge in [0, 0.05) is 46.6 Å². The Labute approximate surface area is 211 Å². The van der Waals surface area contributed by atoms with Crippen molar-refractivity contribution in [3.8, 4) is 0 Å². The first kappa shape index (κ1) is 25.1. The molecular weight excluding hydrogens is 454 g/mol. The van der Waals surface area contributed by atoms with Crippen LogP contribution in [0.1, 0.15) is 70.1 Å². The Kier molecular flexibility index (Phi) is 6.43. The van der Waals surface area contributed by atoms with E-state index in [1.807, 2.05) is 58.0 Å². The van der Waals surface area contributed by atoms with E-state index < -0.39 is 5.41 Å². The number of anilines is 5. The SMILES string of the molecule is CC(C)NC(=O)c1cnc(Nc2ccc3c(c2)NC(=O)C3(C)C)nc1Nc1ccnc(C(C)(C)C)c1. The summed E-state index contributed by atoms with van der Waals surface area (Å²) in [6, 6.07) is 9.40. The van der Waals surface area contributed by atoms with Gasteiger partial charge in [-0.05, 0) is 57.5 Å². The average molecular weight is 488 g/mol. The summed E-state index contributed by atoms with van der Waals surface area (Å²) >= 11 is 0. The molecule has 0 aliphatic carbocycles. The molecule has 0 unspecified atom stereocenters. The highest BCUT2D eigenvalue weighted by atomic mass is 16.2. The molecule has 3 aromatic rings. The van der Waals surface area contributed by atoms with Gasteiger partial charge in [-0.1, -0.05) is 26.8 Å². The fourth-order valence-electron chi connectivity index (χ4n) is 3.90. The predicted octanol–water partition coefficient (Wildman–Crippen LogP) is 5.02. The van der Waals surface area contributed by atoms with Crippen LogP contribution < -0.4 is 21.3 Å². The summed E-state index contributed by atoms with van der Waals surface area (Å²) in [7, 11) is 0. The molecule has 0 atom stereocenters. The normalized spacial score (nSPS) is 14.3. The van der Waals surface area contributed by atoms with Gasteiger partial charge in [-0.15, -0.1) is 0 Å². The fraction of sp³-hybridized carbons (Fsp3) is 0.370. The van der Waals surface area contributed by atoms with E-state index >= 15 is 0 Å². The molecule has 4 N–H and O–H groups in total. The van der Waals surface area contributed by atoms with E-state index in [9.17, 15) is 9.59 Å². The minimum Gasteiger partial charge on any atom is -0.350 e. The van der Waals surface area contributed by atoms with Gasteiger partial charge in [-0.25, -0.2) is 4.98 Å². The maximum Gasteiger partial charge on any atom is 0.256 e. The van der Waals surface area contributed by atoms with Crippen molar-refractivity contribution in [1.82, 2.24) is 20.3 Å². The first-order valence-electron chi connectivity index (χ1n) is 12.0. The molecule has 3 heterocycles. The number of hydrogen-bond donors (Lipinski definition) is 4. The van der Waals surface area contributed by atoms with Crippen LogP contribution in [0.3, 0.4) is 0 Å². The van der Waals surface area contributed by atoms with E-state index in [2.05, 4.69) is 57.0 Å². The lowest BCUT2D eigenvalue weighted by atomic mass is 9.86. The maximum atomic E-state index is 12.9. The Bertz CT molecular complexity index is 1330. The number of nitrogens with zero attached hydrogens (tertiary/aromatic N) is 3. The van der Waals surface area contributed by atoms with Gasteiger partial charge in [0.25, 0.3) is 5.91 Å². The van der Waals surface area contributed by atoms with E-state index in [4.69, 9.17) is 0 Å². The van der Waals surface area contributed by atoms with Crippen LogP contribution in [0, 0.1) is 0 Å². The lowest BCUT2D eigenvalue weighted by molar-refractivity contribution is -0.119. The number of aromatic nitrogens is 3. The Balaban J connectivity index is 1.66. The molecule has 9 nitrogen and oxygen atoms in total. The van der Waals surface area contributed by atoms with E-state index in [1.165, 1.54) is 6.20 Å². The molecule has 1 aliphatic heterocycles. The van der Waals surface area contributed by atoms with Crippen molar-refractivity contribution < 1.29 is 9.59 Å². The quantitative estimate of drug-likeness (QED) is 0.385. The molecule has 1 aliphatic rings. The third kappa shape index (κ3) is 5.15. The predicted molar refractivity (Wildman–Crippen MR) is 142 cm³/mol. The molecule has 0 radical (unpaired) electrons. The second-order valence-corrected chi connectivity index (χ2v) is 10.9. The summed E-state index contributed by atoms with van der Waals surface area (Å²) in [6.07, 6.45) is 3.23. The molecule has 0 bridgehead atoms. The Morgan fingerprint density at radius 1 is 1.03 bits per heavy atom. The number of carbonyl (C=O) groups is 2. The van der Waals surface area contributed by atoms with Gasteiger partial charge in [-0.2, -0.15) is 4.98 Å². The average Bonchev–Trinajstić information content (AvgIpc) is 3.00. The molecule has 2 aromatic heterocycles. The van der Waals surface area contributed by atoms with Gasteiger partial charge >= 0.3 is 0 Å². The summed E-state index contributed by atoms with van der Waals surface area (Å²) in [6.45, 7) is 13.9. The largest absolute Gasteiger partial charge is 0.350 e. The van der Waals surface area contributed by atoms with Gasteiger partial charge in [0.1, 0.15) is 11.4 Å². The topological polar surface area (TPSA) is 121 Å².